The molecule has 1 heterocycles. The van der Waals surface area contributed by atoms with E-state index >= 15 is 0 Å². The van der Waals surface area contributed by atoms with E-state index in [-0.39, 0.29) is 0 Å². The lowest BCUT2D eigenvalue weighted by Gasteiger charge is -2.01. The Balaban J connectivity index is 2.65. The van der Waals surface area contributed by atoms with Crippen LogP contribution in [0.3, 0.4) is 0 Å². The molecule has 15 heavy (non-hydrogen) atoms. The second-order valence-corrected chi connectivity index (χ2v) is 5.00. The van der Waals surface area contributed by atoms with Gasteiger partial charge < -0.3 is 10.5 Å². The summed E-state index contributed by atoms with van der Waals surface area (Å²) in [6.07, 6.45) is 1.05. The molecule has 2 N–H and O–H groups in total. The van der Waals surface area contributed by atoms with E-state index in [1.54, 1.807) is 11.3 Å². The second kappa shape index (κ2) is 6.20. The molecule has 86 valence electrons. The third kappa shape index (κ3) is 3.55. The van der Waals surface area contributed by atoms with Gasteiger partial charge in [0.1, 0.15) is 5.01 Å². The lowest BCUT2D eigenvalue weighted by Crippen LogP contribution is -1.99. The van der Waals surface area contributed by atoms with Crippen LogP contribution in [0.4, 0.5) is 0 Å². The first-order valence-electron chi connectivity index (χ1n) is 5.45. The van der Waals surface area contributed by atoms with Gasteiger partial charge in [-0.3, -0.25) is 0 Å². The van der Waals surface area contributed by atoms with Gasteiger partial charge in [-0.1, -0.05) is 20.8 Å². The van der Waals surface area contributed by atoms with Gasteiger partial charge in [-0.2, -0.15) is 0 Å². The Labute approximate surface area is 95.7 Å². The molecule has 0 atom stereocenters. The zero-order valence-corrected chi connectivity index (χ0v) is 10.6. The molecule has 0 unspecified atom stereocenters. The number of hydrogen-bond donors (Lipinski definition) is 1. The van der Waals surface area contributed by atoms with Crippen molar-refractivity contribution in [1.82, 2.24) is 4.98 Å². The van der Waals surface area contributed by atoms with Crippen LogP contribution in [0.2, 0.25) is 0 Å². The van der Waals surface area contributed by atoms with Gasteiger partial charge in [0.2, 0.25) is 0 Å². The standard InChI is InChI=1S/C11H20N2OS/c1-4-5-14-7-10-13-11(8(2)3)9(6-12)15-10/h8H,4-7,12H2,1-3H3. The summed E-state index contributed by atoms with van der Waals surface area (Å²) in [4.78, 5) is 5.76. The molecule has 0 spiro atoms. The summed E-state index contributed by atoms with van der Waals surface area (Å²) < 4.78 is 5.47. The molecule has 0 amide bonds. The molecule has 4 heteroatoms. The van der Waals surface area contributed by atoms with E-state index in [9.17, 15) is 0 Å². The van der Waals surface area contributed by atoms with Gasteiger partial charge in [-0.15, -0.1) is 11.3 Å². The van der Waals surface area contributed by atoms with Crippen LogP contribution in [-0.4, -0.2) is 11.6 Å². The number of thiazole rings is 1. The first kappa shape index (κ1) is 12.6. The van der Waals surface area contributed by atoms with Crippen LogP contribution in [0.15, 0.2) is 0 Å². The zero-order valence-electron chi connectivity index (χ0n) is 9.75. The Morgan fingerprint density at radius 3 is 2.67 bits per heavy atom. The van der Waals surface area contributed by atoms with Gasteiger partial charge in [0.25, 0.3) is 0 Å². The molecule has 0 bridgehead atoms. The van der Waals surface area contributed by atoms with Crippen molar-refractivity contribution in [3.05, 3.63) is 15.6 Å². The molecule has 0 radical (unpaired) electrons. The summed E-state index contributed by atoms with van der Waals surface area (Å²) in [5.74, 6) is 0.444. The fourth-order valence-corrected chi connectivity index (χ4v) is 2.42. The van der Waals surface area contributed by atoms with Crippen LogP contribution in [0.5, 0.6) is 0 Å². The smallest absolute Gasteiger partial charge is 0.119 e. The average Bonchev–Trinajstić information content (AvgIpc) is 2.62. The Morgan fingerprint density at radius 2 is 2.20 bits per heavy atom. The van der Waals surface area contributed by atoms with Crippen LogP contribution >= 0.6 is 11.3 Å². The predicted molar refractivity (Wildman–Crippen MR) is 64.0 cm³/mol. The van der Waals surface area contributed by atoms with E-state index in [4.69, 9.17) is 10.5 Å². The number of nitrogens with zero attached hydrogens (tertiary/aromatic N) is 1. The highest BCUT2D eigenvalue weighted by atomic mass is 32.1. The molecular weight excluding hydrogens is 208 g/mol. The summed E-state index contributed by atoms with van der Waals surface area (Å²) in [6, 6.07) is 0. The van der Waals surface area contributed by atoms with Crippen molar-refractivity contribution in [2.24, 2.45) is 5.73 Å². The number of ether oxygens (including phenoxy) is 1. The number of hydrogen-bond acceptors (Lipinski definition) is 4. The van der Waals surface area contributed by atoms with Crippen LogP contribution < -0.4 is 5.73 Å². The first-order chi connectivity index (χ1) is 7.19. The lowest BCUT2D eigenvalue weighted by atomic mass is 10.1. The molecule has 0 fully saturated rings. The summed E-state index contributed by atoms with van der Waals surface area (Å²) in [5, 5.41) is 1.05. The quantitative estimate of drug-likeness (QED) is 0.761. The molecule has 1 aromatic rings. The number of aromatic nitrogens is 1. The minimum absolute atomic E-state index is 0.444. The van der Waals surface area contributed by atoms with E-state index in [0.29, 0.717) is 19.1 Å². The fourth-order valence-electron chi connectivity index (χ4n) is 1.38. The maximum Gasteiger partial charge on any atom is 0.119 e. The zero-order chi connectivity index (χ0) is 11.3. The summed E-state index contributed by atoms with van der Waals surface area (Å²) in [7, 11) is 0. The van der Waals surface area contributed by atoms with E-state index in [0.717, 1.165) is 23.7 Å². The number of nitrogens with two attached hydrogens (primary N) is 1. The van der Waals surface area contributed by atoms with E-state index in [1.165, 1.54) is 4.88 Å². The van der Waals surface area contributed by atoms with Crippen LogP contribution in [-0.2, 0) is 17.9 Å². The van der Waals surface area contributed by atoms with Crippen LogP contribution in [0.1, 0.15) is 48.7 Å². The monoisotopic (exact) mass is 228 g/mol. The topological polar surface area (TPSA) is 48.1 Å². The molecule has 0 aliphatic carbocycles. The van der Waals surface area contributed by atoms with Gasteiger partial charge in [0.05, 0.1) is 12.3 Å². The maximum atomic E-state index is 5.69. The van der Waals surface area contributed by atoms with Crippen molar-refractivity contribution >= 4 is 11.3 Å². The van der Waals surface area contributed by atoms with Crippen LogP contribution in [0.25, 0.3) is 0 Å². The molecule has 0 aromatic carbocycles. The molecule has 1 rings (SSSR count). The van der Waals surface area contributed by atoms with Gasteiger partial charge in [0, 0.05) is 18.0 Å². The summed E-state index contributed by atoms with van der Waals surface area (Å²) in [6.45, 7) is 8.40. The minimum atomic E-state index is 0.444. The summed E-state index contributed by atoms with van der Waals surface area (Å²) >= 11 is 1.68. The van der Waals surface area contributed by atoms with Crippen molar-refractivity contribution in [2.75, 3.05) is 6.61 Å². The molecule has 3 nitrogen and oxygen atoms in total. The van der Waals surface area contributed by atoms with E-state index in [2.05, 4.69) is 25.8 Å². The number of rotatable bonds is 6. The molecule has 1 aromatic heterocycles. The van der Waals surface area contributed by atoms with Gasteiger partial charge in [0.15, 0.2) is 0 Å². The third-order valence-corrected chi connectivity index (χ3v) is 3.15. The van der Waals surface area contributed by atoms with Gasteiger partial charge >= 0.3 is 0 Å². The highest BCUT2D eigenvalue weighted by Crippen LogP contribution is 2.25. The van der Waals surface area contributed by atoms with Crippen molar-refractivity contribution < 1.29 is 4.74 Å². The molecule has 0 saturated carbocycles. The van der Waals surface area contributed by atoms with Crippen LogP contribution in [0, 0.1) is 0 Å². The van der Waals surface area contributed by atoms with E-state index in [1.807, 2.05) is 0 Å². The van der Waals surface area contributed by atoms with Crippen molar-refractivity contribution in [1.29, 1.82) is 0 Å². The minimum Gasteiger partial charge on any atom is -0.374 e. The Hall–Kier alpha value is -0.450. The fraction of sp³-hybridized carbons (Fsp3) is 0.727. The van der Waals surface area contributed by atoms with Gasteiger partial charge in [-0.05, 0) is 12.3 Å². The van der Waals surface area contributed by atoms with Crippen molar-refractivity contribution in [2.45, 2.75) is 46.3 Å². The lowest BCUT2D eigenvalue weighted by molar-refractivity contribution is 0.121. The van der Waals surface area contributed by atoms with Gasteiger partial charge in [-0.25, -0.2) is 4.98 Å². The average molecular weight is 228 g/mol. The van der Waals surface area contributed by atoms with Crippen molar-refractivity contribution in [3.8, 4) is 0 Å². The maximum absolute atomic E-state index is 5.69. The highest BCUT2D eigenvalue weighted by Gasteiger charge is 2.12. The molecule has 0 saturated heterocycles. The highest BCUT2D eigenvalue weighted by molar-refractivity contribution is 7.11. The molecule has 0 aliphatic heterocycles. The SMILES string of the molecule is CCCOCc1nc(C(C)C)c(CN)s1. The summed E-state index contributed by atoms with van der Waals surface area (Å²) in [5.41, 5.74) is 6.82. The normalized spacial score (nSPS) is 11.3. The largest absolute Gasteiger partial charge is 0.374 e. The molecule has 0 aliphatic rings. The predicted octanol–water partition coefficient (Wildman–Crippen LogP) is 2.65. The van der Waals surface area contributed by atoms with E-state index < -0.39 is 0 Å². The first-order valence-corrected chi connectivity index (χ1v) is 6.27. The second-order valence-electron chi connectivity index (χ2n) is 3.83. The Morgan fingerprint density at radius 1 is 1.47 bits per heavy atom. The van der Waals surface area contributed by atoms with Crippen molar-refractivity contribution in [3.63, 3.8) is 0 Å². The third-order valence-electron chi connectivity index (χ3n) is 2.08. The molecular formula is C11H20N2OS. The Bertz CT molecular complexity index is 297. The Kier molecular flexibility index (Phi) is 5.22.